The van der Waals surface area contributed by atoms with Crippen LogP contribution in [0.3, 0.4) is 0 Å². The minimum absolute atomic E-state index is 3.04. The summed E-state index contributed by atoms with van der Waals surface area (Å²) >= 11 is 20.0. The van der Waals surface area contributed by atoms with Crippen LogP contribution >= 0.6 is 80.6 Å². The van der Waals surface area contributed by atoms with Crippen LogP contribution < -0.4 is 0 Å². The second-order valence-electron chi connectivity index (χ2n) is 0.678. The Labute approximate surface area is 79.5 Å². The Morgan fingerprint density at radius 1 is 0.571 bits per heavy atom. The molecule has 7 heavy (non-hydrogen) atoms. The normalized spacial score (nSPS) is 23.1. The molecule has 0 aliphatic heterocycles. The van der Waals surface area contributed by atoms with Crippen LogP contribution in [0.15, 0.2) is 0 Å². The molecule has 0 nitrogen and oxygen atoms in total. The molecule has 54 valence electrons. The summed E-state index contributed by atoms with van der Waals surface area (Å²) in [6, 6.07) is 0. The summed E-state index contributed by atoms with van der Waals surface area (Å²) in [5.41, 5.74) is 0. The molecule has 0 saturated heterocycles. The minimum atomic E-state index is -3.04. The monoisotopic (exact) mass is 579 g/mol. The fourth-order valence-electron chi connectivity index (χ4n) is 0. The van der Waals surface area contributed by atoms with Crippen LogP contribution in [0.1, 0.15) is 0 Å². The van der Waals surface area contributed by atoms with Gasteiger partial charge in [-0.15, -0.1) is 0 Å². The van der Waals surface area contributed by atoms with Crippen molar-refractivity contribution in [3.8, 4) is 0 Å². The molecule has 0 aromatic rings. The van der Waals surface area contributed by atoms with Gasteiger partial charge in [0.25, 0.3) is 0 Å². The first-order valence-electron chi connectivity index (χ1n) is 0.717. The Kier molecular flexibility index (Phi) is 3.05. The molecule has 0 saturated carbocycles. The van der Waals surface area contributed by atoms with Crippen LogP contribution in [0.4, 0.5) is 0 Å². The Bertz CT molecular complexity index is 62.7. The average molecular weight is 586 g/mol. The SMILES string of the molecule is [Br][Pd-2]([Br])([Br])([Br])([Br])[Br]. The quantitative estimate of drug-likeness (QED) is 0.349. The van der Waals surface area contributed by atoms with E-state index >= 15 is 0 Å². The molecule has 0 amide bonds. The van der Waals surface area contributed by atoms with E-state index in [4.69, 9.17) is 0 Å². The molecule has 0 aromatic heterocycles. The van der Waals surface area contributed by atoms with Gasteiger partial charge in [0.2, 0.25) is 0 Å². The summed E-state index contributed by atoms with van der Waals surface area (Å²) in [5.74, 6) is 0. The molecule has 0 unspecified atom stereocenters. The predicted molar refractivity (Wildman–Crippen MR) is 53.6 cm³/mol. The third-order valence-electron chi connectivity index (χ3n) is 0. The third kappa shape index (κ3) is 43.3. The van der Waals surface area contributed by atoms with Gasteiger partial charge in [0.15, 0.2) is 0 Å². The van der Waals surface area contributed by atoms with Crippen molar-refractivity contribution in [1.29, 1.82) is 0 Å². The maximum absolute atomic E-state index is 3.33. The molecule has 0 fully saturated rings. The van der Waals surface area contributed by atoms with E-state index in [1.54, 1.807) is 0 Å². The fraction of sp³-hybridized carbons (Fsp3) is 0. The summed E-state index contributed by atoms with van der Waals surface area (Å²) in [7, 11) is 0. The van der Waals surface area contributed by atoms with Crippen LogP contribution in [-0.2, 0) is 0.992 Å². The number of hydrogen-bond acceptors (Lipinski definition) is 0. The van der Waals surface area contributed by atoms with Gasteiger partial charge in [0.05, 0.1) is 0 Å². The zero-order valence-corrected chi connectivity index (χ0v) is 13.7. The van der Waals surface area contributed by atoms with Gasteiger partial charge in [-0.05, 0) is 0 Å². The molecule has 0 aromatic carbocycles. The first-order valence-corrected chi connectivity index (χ1v) is 22.0. The topological polar surface area (TPSA) is 0 Å². The van der Waals surface area contributed by atoms with E-state index < -0.39 is 0.992 Å². The maximum atomic E-state index is 3.33. The van der Waals surface area contributed by atoms with Gasteiger partial charge < -0.3 is 0 Å². The van der Waals surface area contributed by atoms with Crippen molar-refractivity contribution in [2.45, 2.75) is 0 Å². The molecule has 0 bridgehead atoms. The molecule has 0 heterocycles. The first-order chi connectivity index (χ1) is 2.45. The summed E-state index contributed by atoms with van der Waals surface area (Å²) in [5, 5.41) is 0. The van der Waals surface area contributed by atoms with Gasteiger partial charge in [-0.25, -0.2) is 0 Å². The Morgan fingerprint density at radius 3 is 0.571 bits per heavy atom. The molecular formula is Br6Pd-2. The zero-order chi connectivity index (χ0) is 6.41. The second kappa shape index (κ2) is 2.03. The van der Waals surface area contributed by atoms with Gasteiger partial charge in [-0.1, -0.05) is 0 Å². The Hall–Kier alpha value is 3.54. The summed E-state index contributed by atoms with van der Waals surface area (Å²) in [6.45, 7) is 0. The zero-order valence-electron chi connectivity index (χ0n) is 2.58. The van der Waals surface area contributed by atoms with Gasteiger partial charge in [-0.2, -0.15) is 0 Å². The van der Waals surface area contributed by atoms with E-state index in [2.05, 4.69) is 80.6 Å². The van der Waals surface area contributed by atoms with Crippen LogP contribution in [0.5, 0.6) is 0 Å². The molecule has 0 rings (SSSR count). The fourth-order valence-corrected chi connectivity index (χ4v) is 0. The van der Waals surface area contributed by atoms with Crippen molar-refractivity contribution in [2.75, 3.05) is 0 Å². The van der Waals surface area contributed by atoms with Crippen LogP contribution in [0.2, 0.25) is 0 Å². The average Bonchev–Trinajstić information content (AvgIpc) is 0.592. The molecule has 0 N–H and O–H groups in total. The first kappa shape index (κ1) is 10.5. The van der Waals surface area contributed by atoms with Crippen molar-refractivity contribution in [1.82, 2.24) is 0 Å². The predicted octanol–water partition coefficient (Wildman–Crippen LogP) is 5.07. The molecule has 0 spiro atoms. The number of halogens is 6. The van der Waals surface area contributed by atoms with Crippen LogP contribution in [-0.4, -0.2) is 0 Å². The Morgan fingerprint density at radius 2 is 0.571 bits per heavy atom. The summed E-state index contributed by atoms with van der Waals surface area (Å²) < 4.78 is -3.04. The van der Waals surface area contributed by atoms with Gasteiger partial charge >= 0.3 is 81.6 Å². The van der Waals surface area contributed by atoms with Crippen molar-refractivity contribution in [2.24, 2.45) is 0 Å². The molecular weight excluding hydrogens is 586 g/mol. The molecule has 0 aliphatic carbocycles. The second-order valence-corrected chi connectivity index (χ2v) is 108. The summed E-state index contributed by atoms with van der Waals surface area (Å²) in [6.07, 6.45) is 0. The van der Waals surface area contributed by atoms with Crippen LogP contribution in [0, 0.1) is 0 Å². The van der Waals surface area contributed by atoms with E-state index in [1.165, 1.54) is 0 Å². The third-order valence-corrected chi connectivity index (χ3v) is 0. The number of rotatable bonds is 0. The molecule has 0 radical (unpaired) electrons. The van der Waals surface area contributed by atoms with Crippen LogP contribution in [0.25, 0.3) is 0 Å². The van der Waals surface area contributed by atoms with E-state index in [0.29, 0.717) is 0 Å². The molecule has 0 atom stereocenters. The van der Waals surface area contributed by atoms with E-state index in [9.17, 15) is 0 Å². The van der Waals surface area contributed by atoms with Gasteiger partial charge in [0, 0.05) is 0 Å². The Balaban J connectivity index is 4.43. The molecule has 0 aliphatic rings. The van der Waals surface area contributed by atoms with E-state index in [1.807, 2.05) is 0 Å². The summed E-state index contributed by atoms with van der Waals surface area (Å²) in [4.78, 5) is 0. The van der Waals surface area contributed by atoms with Crippen molar-refractivity contribution < 1.29 is 0.992 Å². The van der Waals surface area contributed by atoms with Crippen molar-refractivity contribution >= 4 is 80.6 Å². The standard InChI is InChI=1S/6BrH.Pd/h6*1H;/q;;;;;;+4/p-6. The van der Waals surface area contributed by atoms with Gasteiger partial charge in [-0.3, -0.25) is 0 Å². The van der Waals surface area contributed by atoms with E-state index in [0.717, 1.165) is 0 Å². The van der Waals surface area contributed by atoms with Crippen molar-refractivity contribution in [3.05, 3.63) is 0 Å². The number of hydrogen-bond donors (Lipinski definition) is 0. The van der Waals surface area contributed by atoms with Gasteiger partial charge in [0.1, 0.15) is 0 Å². The van der Waals surface area contributed by atoms with Crippen molar-refractivity contribution in [3.63, 3.8) is 0 Å². The van der Waals surface area contributed by atoms with E-state index in [-0.39, 0.29) is 0 Å². The molecule has 7 heteroatoms.